The second-order valence-electron chi connectivity index (χ2n) is 7.67. The summed E-state index contributed by atoms with van der Waals surface area (Å²) >= 11 is 0. The molecule has 156 valence electrons. The molecule has 1 aliphatic heterocycles. The predicted molar refractivity (Wildman–Crippen MR) is 108 cm³/mol. The molecule has 2 aromatic carbocycles. The molecule has 0 fully saturated rings. The fourth-order valence-corrected chi connectivity index (χ4v) is 3.92. The number of fused-ring (bicyclic) bond motifs is 1. The highest BCUT2D eigenvalue weighted by molar-refractivity contribution is 5.61. The van der Waals surface area contributed by atoms with Gasteiger partial charge in [0.25, 0.3) is 0 Å². The number of hydrogen-bond acceptors (Lipinski definition) is 4. The van der Waals surface area contributed by atoms with Crippen molar-refractivity contribution in [3.63, 3.8) is 0 Å². The Morgan fingerprint density at radius 1 is 1.00 bits per heavy atom. The summed E-state index contributed by atoms with van der Waals surface area (Å²) in [5.74, 6) is -0.103. The van der Waals surface area contributed by atoms with Crippen LogP contribution in [0.3, 0.4) is 0 Å². The van der Waals surface area contributed by atoms with Gasteiger partial charge in [-0.3, -0.25) is 0 Å². The van der Waals surface area contributed by atoms with Gasteiger partial charge in [-0.25, -0.2) is 0 Å². The largest absolute Gasteiger partial charge is 0.573 e. The van der Waals surface area contributed by atoms with Crippen molar-refractivity contribution in [2.75, 3.05) is 13.6 Å². The van der Waals surface area contributed by atoms with Gasteiger partial charge in [0, 0.05) is 18.0 Å². The lowest BCUT2D eigenvalue weighted by Crippen LogP contribution is -2.17. The first-order chi connectivity index (χ1) is 14.3. The molecule has 1 atom stereocenters. The lowest BCUT2D eigenvalue weighted by molar-refractivity contribution is -0.274. The van der Waals surface area contributed by atoms with Gasteiger partial charge in [0.05, 0.1) is 11.4 Å². The number of halogens is 3. The topological polar surface area (TPSA) is 38.2 Å². The monoisotopic (exact) mass is 413 g/mol. The van der Waals surface area contributed by atoms with Crippen LogP contribution in [0.15, 0.2) is 54.6 Å². The van der Waals surface area contributed by atoms with E-state index >= 15 is 0 Å². The standard InChI is InChI=1S/C23H22F3N3O/c1-15-3-10-22(28-27-15)17-6-9-20-18(13-17)14-29(2)12-11-21(20)16-4-7-19(8-5-16)30-23(24,25)26/h3-10,13,21H,11-12,14H2,1-2H3. The van der Waals surface area contributed by atoms with Gasteiger partial charge in [-0.2, -0.15) is 10.2 Å². The molecule has 0 spiro atoms. The Labute approximate surface area is 173 Å². The first-order valence-electron chi connectivity index (χ1n) is 9.76. The Kier molecular flexibility index (Phi) is 5.47. The van der Waals surface area contributed by atoms with Crippen molar-refractivity contribution in [3.05, 3.63) is 77.0 Å². The first-order valence-corrected chi connectivity index (χ1v) is 9.76. The second-order valence-corrected chi connectivity index (χ2v) is 7.67. The zero-order valence-electron chi connectivity index (χ0n) is 16.8. The molecule has 1 aromatic heterocycles. The van der Waals surface area contributed by atoms with E-state index < -0.39 is 6.36 Å². The van der Waals surface area contributed by atoms with E-state index in [1.165, 1.54) is 23.3 Å². The molecule has 4 nitrogen and oxygen atoms in total. The molecule has 1 aliphatic rings. The Bertz CT molecular complexity index is 1020. The van der Waals surface area contributed by atoms with Crippen molar-refractivity contribution in [1.82, 2.24) is 15.1 Å². The first kappa shape index (κ1) is 20.3. The SMILES string of the molecule is Cc1ccc(-c2ccc3c(c2)CN(C)CCC3c2ccc(OC(F)(F)F)cc2)nn1. The van der Waals surface area contributed by atoms with Crippen molar-refractivity contribution in [1.29, 1.82) is 0 Å². The summed E-state index contributed by atoms with van der Waals surface area (Å²) in [5, 5.41) is 8.43. The Morgan fingerprint density at radius 3 is 2.43 bits per heavy atom. The number of benzene rings is 2. The molecule has 0 saturated heterocycles. The molecule has 3 aromatic rings. The lowest BCUT2D eigenvalue weighted by Gasteiger charge is -2.19. The molecule has 2 heterocycles. The Hall–Kier alpha value is -2.93. The molecule has 7 heteroatoms. The summed E-state index contributed by atoms with van der Waals surface area (Å²) in [6, 6.07) is 16.4. The number of nitrogens with zero attached hydrogens (tertiary/aromatic N) is 3. The van der Waals surface area contributed by atoms with Gasteiger partial charge in [-0.05, 0) is 74.0 Å². The zero-order valence-corrected chi connectivity index (χ0v) is 16.8. The minimum atomic E-state index is -4.69. The van der Waals surface area contributed by atoms with Crippen LogP contribution < -0.4 is 4.74 Å². The number of aromatic nitrogens is 2. The Balaban J connectivity index is 1.67. The minimum absolute atomic E-state index is 0.100. The molecule has 0 bridgehead atoms. The molecule has 1 unspecified atom stereocenters. The van der Waals surface area contributed by atoms with E-state index in [-0.39, 0.29) is 11.7 Å². The minimum Gasteiger partial charge on any atom is -0.406 e. The van der Waals surface area contributed by atoms with Crippen LogP contribution in [0.25, 0.3) is 11.3 Å². The van der Waals surface area contributed by atoms with Gasteiger partial charge in [-0.1, -0.05) is 24.3 Å². The summed E-state index contributed by atoms with van der Waals surface area (Å²) in [7, 11) is 2.07. The molecule has 0 aliphatic carbocycles. The summed E-state index contributed by atoms with van der Waals surface area (Å²) in [6.07, 6.45) is -3.80. The van der Waals surface area contributed by atoms with Gasteiger partial charge < -0.3 is 9.64 Å². The Morgan fingerprint density at radius 2 is 1.77 bits per heavy atom. The number of hydrogen-bond donors (Lipinski definition) is 0. The average Bonchev–Trinajstić information content (AvgIpc) is 2.85. The van der Waals surface area contributed by atoms with E-state index in [4.69, 9.17) is 0 Å². The number of alkyl halides is 3. The summed E-state index contributed by atoms with van der Waals surface area (Å²) < 4.78 is 41.4. The van der Waals surface area contributed by atoms with Crippen LogP contribution >= 0.6 is 0 Å². The third-order valence-corrected chi connectivity index (χ3v) is 5.37. The van der Waals surface area contributed by atoms with E-state index in [2.05, 4.69) is 39.0 Å². The molecule has 0 N–H and O–H groups in total. The average molecular weight is 413 g/mol. The summed E-state index contributed by atoms with van der Waals surface area (Å²) in [4.78, 5) is 2.25. The van der Waals surface area contributed by atoms with Crippen molar-refractivity contribution < 1.29 is 17.9 Å². The summed E-state index contributed by atoms with van der Waals surface area (Å²) in [5.41, 5.74) is 6.04. The van der Waals surface area contributed by atoms with Crippen molar-refractivity contribution in [2.24, 2.45) is 0 Å². The van der Waals surface area contributed by atoms with Crippen LogP contribution in [0.4, 0.5) is 13.2 Å². The highest BCUT2D eigenvalue weighted by Crippen LogP contribution is 2.36. The molecule has 0 amide bonds. The molecular weight excluding hydrogens is 391 g/mol. The number of ether oxygens (including phenoxy) is 1. The number of aryl methyl sites for hydroxylation is 1. The van der Waals surface area contributed by atoms with Crippen molar-refractivity contribution >= 4 is 0 Å². The lowest BCUT2D eigenvalue weighted by atomic mass is 9.85. The maximum atomic E-state index is 12.5. The normalized spacial score (nSPS) is 17.3. The van der Waals surface area contributed by atoms with E-state index in [0.29, 0.717) is 0 Å². The van der Waals surface area contributed by atoms with Gasteiger partial charge in [-0.15, -0.1) is 13.2 Å². The van der Waals surface area contributed by atoms with Gasteiger partial charge in [0.2, 0.25) is 0 Å². The maximum absolute atomic E-state index is 12.5. The van der Waals surface area contributed by atoms with Crippen LogP contribution in [0.2, 0.25) is 0 Å². The van der Waals surface area contributed by atoms with Gasteiger partial charge in [0.15, 0.2) is 0 Å². The van der Waals surface area contributed by atoms with Crippen molar-refractivity contribution in [3.8, 4) is 17.0 Å². The number of rotatable bonds is 3. The second kappa shape index (κ2) is 8.07. The third-order valence-electron chi connectivity index (χ3n) is 5.37. The fraction of sp³-hybridized carbons (Fsp3) is 0.304. The maximum Gasteiger partial charge on any atom is 0.573 e. The molecule has 0 saturated carbocycles. The molecule has 4 rings (SSSR count). The van der Waals surface area contributed by atoms with E-state index in [9.17, 15) is 13.2 Å². The fourth-order valence-electron chi connectivity index (χ4n) is 3.92. The van der Waals surface area contributed by atoms with Crippen LogP contribution in [-0.4, -0.2) is 35.1 Å². The predicted octanol–water partition coefficient (Wildman–Crippen LogP) is 5.32. The summed E-state index contributed by atoms with van der Waals surface area (Å²) in [6.45, 7) is 3.59. The van der Waals surface area contributed by atoms with Crippen LogP contribution in [-0.2, 0) is 6.54 Å². The molecular formula is C23H22F3N3O. The van der Waals surface area contributed by atoms with Gasteiger partial charge in [0.1, 0.15) is 5.75 Å². The van der Waals surface area contributed by atoms with E-state index in [0.717, 1.165) is 42.0 Å². The smallest absolute Gasteiger partial charge is 0.406 e. The third kappa shape index (κ3) is 4.62. The highest BCUT2D eigenvalue weighted by Gasteiger charge is 2.31. The quantitative estimate of drug-likeness (QED) is 0.583. The van der Waals surface area contributed by atoms with Crippen LogP contribution in [0.5, 0.6) is 5.75 Å². The van der Waals surface area contributed by atoms with E-state index in [1.54, 1.807) is 12.1 Å². The highest BCUT2D eigenvalue weighted by atomic mass is 19.4. The van der Waals surface area contributed by atoms with E-state index in [1.807, 2.05) is 25.1 Å². The molecule has 30 heavy (non-hydrogen) atoms. The molecule has 0 radical (unpaired) electrons. The van der Waals surface area contributed by atoms with Crippen molar-refractivity contribution in [2.45, 2.75) is 32.2 Å². The van der Waals surface area contributed by atoms with Gasteiger partial charge >= 0.3 is 6.36 Å². The zero-order chi connectivity index (χ0) is 21.3. The van der Waals surface area contributed by atoms with Crippen LogP contribution in [0, 0.1) is 6.92 Å². The van der Waals surface area contributed by atoms with Crippen LogP contribution in [0.1, 0.15) is 34.7 Å².